The summed E-state index contributed by atoms with van der Waals surface area (Å²) in [5.41, 5.74) is 0. The lowest BCUT2D eigenvalue weighted by Crippen LogP contribution is -2.22. The van der Waals surface area contributed by atoms with E-state index in [0.717, 1.165) is 25.9 Å². The van der Waals surface area contributed by atoms with E-state index in [2.05, 4.69) is 6.92 Å². The Hall–Kier alpha value is -0.570. The van der Waals surface area contributed by atoms with E-state index in [1.807, 2.05) is 0 Å². The van der Waals surface area contributed by atoms with Crippen LogP contribution in [0.15, 0.2) is 0 Å². The minimum absolute atomic E-state index is 0.0187. The first-order valence-electron chi connectivity index (χ1n) is 6.09. The van der Waals surface area contributed by atoms with Gasteiger partial charge in [0.1, 0.15) is 6.61 Å². The number of carbonyl (C=O) groups is 1. The molecule has 0 heterocycles. The minimum Gasteiger partial charge on any atom is -0.463 e. The molecule has 0 amide bonds. The third kappa shape index (κ3) is 5.17. The average Bonchev–Trinajstić information content (AvgIpc) is 2.30. The molecule has 1 aliphatic rings. The van der Waals surface area contributed by atoms with Gasteiger partial charge in [0.15, 0.2) is 0 Å². The third-order valence-electron chi connectivity index (χ3n) is 2.76. The maximum Gasteiger partial charge on any atom is 0.309 e. The first-order valence-corrected chi connectivity index (χ1v) is 6.09. The van der Waals surface area contributed by atoms with Crippen molar-refractivity contribution in [3.8, 4) is 0 Å². The molecule has 0 aromatic carbocycles. The summed E-state index contributed by atoms with van der Waals surface area (Å²) in [4.78, 5) is 11.6. The fourth-order valence-electron chi connectivity index (χ4n) is 1.90. The quantitative estimate of drug-likeness (QED) is 0.503. The van der Waals surface area contributed by atoms with Gasteiger partial charge in [0.05, 0.1) is 12.5 Å². The molecule has 1 saturated carbocycles. The summed E-state index contributed by atoms with van der Waals surface area (Å²) >= 11 is 0. The Morgan fingerprint density at radius 2 is 1.87 bits per heavy atom. The molecule has 0 radical (unpaired) electrons. The number of rotatable bonds is 6. The maximum absolute atomic E-state index is 11.6. The van der Waals surface area contributed by atoms with Crippen LogP contribution in [-0.4, -0.2) is 25.8 Å². The van der Waals surface area contributed by atoms with Gasteiger partial charge >= 0.3 is 5.97 Å². The van der Waals surface area contributed by atoms with Gasteiger partial charge in [0.25, 0.3) is 0 Å². The predicted octanol–water partition coefficient (Wildman–Crippen LogP) is 2.54. The molecule has 0 aliphatic heterocycles. The Labute approximate surface area is 92.1 Å². The lowest BCUT2D eigenvalue weighted by molar-refractivity contribution is -0.151. The van der Waals surface area contributed by atoms with Gasteiger partial charge < -0.3 is 9.47 Å². The number of esters is 1. The van der Waals surface area contributed by atoms with Crippen molar-refractivity contribution < 1.29 is 14.3 Å². The van der Waals surface area contributed by atoms with E-state index in [-0.39, 0.29) is 11.9 Å². The van der Waals surface area contributed by atoms with Crippen LogP contribution in [0, 0.1) is 5.92 Å². The van der Waals surface area contributed by atoms with Crippen LogP contribution in [0.4, 0.5) is 0 Å². The van der Waals surface area contributed by atoms with Gasteiger partial charge in [-0.15, -0.1) is 0 Å². The van der Waals surface area contributed by atoms with Crippen molar-refractivity contribution in [2.45, 2.75) is 45.4 Å². The smallest absolute Gasteiger partial charge is 0.309 e. The van der Waals surface area contributed by atoms with Gasteiger partial charge in [-0.2, -0.15) is 0 Å². The number of hydrogen-bond donors (Lipinski definition) is 0. The Kier molecular flexibility index (Phi) is 6.41. The highest BCUT2D eigenvalue weighted by molar-refractivity contribution is 5.72. The fraction of sp³-hybridized carbons (Fsp3) is 0.917. The molecule has 0 aromatic rings. The molecule has 1 aliphatic carbocycles. The van der Waals surface area contributed by atoms with Crippen LogP contribution in [-0.2, 0) is 14.3 Å². The van der Waals surface area contributed by atoms with Gasteiger partial charge in [-0.1, -0.05) is 26.2 Å². The van der Waals surface area contributed by atoms with E-state index >= 15 is 0 Å². The zero-order chi connectivity index (χ0) is 10.9. The molecule has 15 heavy (non-hydrogen) atoms. The summed E-state index contributed by atoms with van der Waals surface area (Å²) in [6.07, 6.45) is 6.64. The lowest BCUT2D eigenvalue weighted by Gasteiger charge is -2.19. The highest BCUT2D eigenvalue weighted by Crippen LogP contribution is 2.24. The fourth-order valence-corrected chi connectivity index (χ4v) is 1.90. The zero-order valence-electron chi connectivity index (χ0n) is 9.67. The van der Waals surface area contributed by atoms with Crippen molar-refractivity contribution >= 4 is 5.97 Å². The lowest BCUT2D eigenvalue weighted by atomic mass is 9.89. The van der Waals surface area contributed by atoms with Crippen molar-refractivity contribution in [1.82, 2.24) is 0 Å². The largest absolute Gasteiger partial charge is 0.463 e. The Balaban J connectivity index is 2.02. The van der Waals surface area contributed by atoms with E-state index in [1.165, 1.54) is 19.3 Å². The SMILES string of the molecule is CCCOCCOC(=O)C1CCCCC1. The molecule has 0 N–H and O–H groups in total. The zero-order valence-corrected chi connectivity index (χ0v) is 9.67. The highest BCUT2D eigenvalue weighted by atomic mass is 16.6. The molecule has 1 fully saturated rings. The monoisotopic (exact) mass is 214 g/mol. The van der Waals surface area contributed by atoms with Crippen LogP contribution in [0.25, 0.3) is 0 Å². The number of carbonyl (C=O) groups excluding carboxylic acids is 1. The molecule has 0 atom stereocenters. The van der Waals surface area contributed by atoms with Gasteiger partial charge in [-0.3, -0.25) is 4.79 Å². The van der Waals surface area contributed by atoms with Crippen molar-refractivity contribution in [1.29, 1.82) is 0 Å². The minimum atomic E-state index is -0.0187. The topological polar surface area (TPSA) is 35.5 Å². The van der Waals surface area contributed by atoms with Crippen molar-refractivity contribution in [2.24, 2.45) is 5.92 Å². The molecular formula is C12H22O3. The second-order valence-corrected chi connectivity index (χ2v) is 4.11. The Morgan fingerprint density at radius 1 is 1.13 bits per heavy atom. The standard InChI is InChI=1S/C12H22O3/c1-2-8-14-9-10-15-12(13)11-6-4-3-5-7-11/h11H,2-10H2,1H3. The van der Waals surface area contributed by atoms with Crippen molar-refractivity contribution in [3.05, 3.63) is 0 Å². The average molecular weight is 214 g/mol. The van der Waals surface area contributed by atoms with E-state index in [1.54, 1.807) is 0 Å². The van der Waals surface area contributed by atoms with E-state index in [9.17, 15) is 4.79 Å². The first-order chi connectivity index (χ1) is 7.34. The van der Waals surface area contributed by atoms with E-state index in [4.69, 9.17) is 9.47 Å². The molecule has 0 unspecified atom stereocenters. The summed E-state index contributed by atoms with van der Waals surface area (Å²) in [5, 5.41) is 0. The van der Waals surface area contributed by atoms with Crippen molar-refractivity contribution in [2.75, 3.05) is 19.8 Å². The Morgan fingerprint density at radius 3 is 2.53 bits per heavy atom. The van der Waals surface area contributed by atoms with E-state index in [0.29, 0.717) is 13.2 Å². The maximum atomic E-state index is 11.6. The summed E-state index contributed by atoms with van der Waals surface area (Å²) in [7, 11) is 0. The van der Waals surface area contributed by atoms with Gasteiger partial charge in [0, 0.05) is 6.61 Å². The molecule has 3 nitrogen and oxygen atoms in total. The molecular weight excluding hydrogens is 192 g/mol. The third-order valence-corrected chi connectivity index (χ3v) is 2.76. The van der Waals surface area contributed by atoms with Crippen LogP contribution in [0.5, 0.6) is 0 Å². The van der Waals surface area contributed by atoms with Gasteiger partial charge in [-0.05, 0) is 19.3 Å². The molecule has 88 valence electrons. The first kappa shape index (κ1) is 12.5. The molecule has 1 rings (SSSR count). The van der Waals surface area contributed by atoms with Gasteiger partial charge in [-0.25, -0.2) is 0 Å². The summed E-state index contributed by atoms with van der Waals surface area (Å²) in [6.45, 7) is 3.76. The van der Waals surface area contributed by atoms with Crippen LogP contribution in [0.1, 0.15) is 45.4 Å². The van der Waals surface area contributed by atoms with Gasteiger partial charge in [0.2, 0.25) is 0 Å². The number of hydrogen-bond acceptors (Lipinski definition) is 3. The second kappa shape index (κ2) is 7.69. The molecule has 0 aromatic heterocycles. The molecule has 3 heteroatoms. The van der Waals surface area contributed by atoms with E-state index < -0.39 is 0 Å². The summed E-state index contributed by atoms with van der Waals surface area (Å²) < 4.78 is 10.4. The summed E-state index contributed by atoms with van der Waals surface area (Å²) in [5.74, 6) is 0.139. The number of ether oxygens (including phenoxy) is 2. The van der Waals surface area contributed by atoms with Crippen LogP contribution in [0.2, 0.25) is 0 Å². The normalized spacial score (nSPS) is 17.7. The summed E-state index contributed by atoms with van der Waals surface area (Å²) in [6, 6.07) is 0. The molecule has 0 saturated heterocycles. The Bertz CT molecular complexity index is 174. The molecule has 0 bridgehead atoms. The molecule has 0 spiro atoms. The highest BCUT2D eigenvalue weighted by Gasteiger charge is 2.21. The van der Waals surface area contributed by atoms with Crippen molar-refractivity contribution in [3.63, 3.8) is 0 Å². The van der Waals surface area contributed by atoms with Crippen LogP contribution < -0.4 is 0 Å². The van der Waals surface area contributed by atoms with Crippen LogP contribution >= 0.6 is 0 Å². The predicted molar refractivity (Wildman–Crippen MR) is 58.6 cm³/mol. The second-order valence-electron chi connectivity index (χ2n) is 4.11. The van der Waals surface area contributed by atoms with Crippen LogP contribution in [0.3, 0.4) is 0 Å².